The number of rotatable bonds is 4. The number of hydrogen-bond donors (Lipinski definition) is 0. The fraction of sp³-hybridized carbons (Fsp3) is 0.270. The van der Waals surface area contributed by atoms with E-state index in [2.05, 4.69) is 133 Å². The quantitative estimate of drug-likeness (QED) is 0.129. The Kier molecular flexibility index (Phi) is 11.4. The van der Waals surface area contributed by atoms with Crippen molar-refractivity contribution in [1.82, 2.24) is 0 Å². The molecule has 0 amide bonds. The van der Waals surface area contributed by atoms with Gasteiger partial charge in [0, 0.05) is 0 Å². The maximum atomic E-state index is 4.93. The van der Waals surface area contributed by atoms with E-state index < -0.39 is 20.8 Å². The molecular weight excluding hydrogens is 635 g/mol. The Hall–Kier alpha value is -1.83. The molecule has 5 aromatic rings. The predicted octanol–water partition coefficient (Wildman–Crippen LogP) is 10.4. The van der Waals surface area contributed by atoms with Gasteiger partial charge in [-0.25, -0.2) is 0 Å². The molecule has 0 aliphatic carbocycles. The standard InChI is InChI=1S/C25H31.C12H7Si.2ClH.Zr/c1-15(2)20-11-21(16(3)4)13-23(12-20)25-18(7)8-9-19-10-22(17(5)6)14-24(19)25;1-3-7-11-9(5-1)10-6-2-4-8-12(10)13-11;;;/h8-17H,1-7H3;1-7H;2*1H;/q2*-1;;;+4/p-2. The van der Waals surface area contributed by atoms with Crippen LogP contribution in [-0.2, 0) is 20.8 Å². The van der Waals surface area contributed by atoms with Gasteiger partial charge in [0.15, 0.2) is 0 Å². The van der Waals surface area contributed by atoms with Gasteiger partial charge in [-0.1, -0.05) is 106 Å². The molecule has 0 saturated carbocycles. The summed E-state index contributed by atoms with van der Waals surface area (Å²) in [6.07, 6.45) is 0. The first-order valence-corrected chi connectivity index (χ1v) is 21.7. The van der Waals surface area contributed by atoms with Crippen molar-refractivity contribution >= 4 is 47.7 Å². The molecule has 0 N–H and O–H groups in total. The van der Waals surface area contributed by atoms with Crippen molar-refractivity contribution in [2.45, 2.75) is 66.2 Å². The average molecular weight is 673 g/mol. The van der Waals surface area contributed by atoms with E-state index in [0.717, 1.165) is 9.52 Å². The maximum Gasteiger partial charge on any atom is 0.0920 e. The Labute approximate surface area is 268 Å². The summed E-state index contributed by atoms with van der Waals surface area (Å²) in [7, 11) is 10.7. The summed E-state index contributed by atoms with van der Waals surface area (Å²) in [6, 6.07) is 34.7. The smallest absolute Gasteiger partial charge is 0.0920 e. The summed E-state index contributed by atoms with van der Waals surface area (Å²) in [5.41, 5.74) is 11.2. The van der Waals surface area contributed by atoms with Crippen LogP contribution in [0.1, 0.15) is 81.5 Å². The molecule has 0 bridgehead atoms. The molecule has 208 valence electrons. The van der Waals surface area contributed by atoms with Gasteiger partial charge in [0.1, 0.15) is 0 Å². The fourth-order valence-corrected chi connectivity index (χ4v) is 6.65. The van der Waals surface area contributed by atoms with Crippen LogP contribution in [0.25, 0.3) is 33.0 Å². The molecule has 0 nitrogen and oxygen atoms in total. The van der Waals surface area contributed by atoms with Crippen LogP contribution in [0.3, 0.4) is 0 Å². The van der Waals surface area contributed by atoms with Gasteiger partial charge in [0.2, 0.25) is 0 Å². The monoisotopic (exact) mass is 670 g/mol. The van der Waals surface area contributed by atoms with Crippen molar-refractivity contribution in [3.05, 3.63) is 113 Å². The number of fused-ring (bicyclic) bond motifs is 4. The minimum atomic E-state index is -0.826. The SMILES string of the molecule is Cc1ccc2[cH-]c(C(C)C)cc2c1-c1cc(C(C)C)cc(C(C)C)c1.[Cl][Zr+2][Cl].[c-]1cccc2c1[Si]c1ccccc1-2. The number of aryl methyl sites for hydroxylation is 1. The molecule has 1 aliphatic heterocycles. The second-order valence-corrected chi connectivity index (χ2v) is 16.6. The topological polar surface area (TPSA) is 0 Å². The van der Waals surface area contributed by atoms with Gasteiger partial charge in [0.05, 0.1) is 9.52 Å². The van der Waals surface area contributed by atoms with E-state index in [4.69, 9.17) is 17.0 Å². The molecule has 1 heterocycles. The first-order valence-electron chi connectivity index (χ1n) is 14.3. The van der Waals surface area contributed by atoms with E-state index in [-0.39, 0.29) is 0 Å². The van der Waals surface area contributed by atoms with Crippen LogP contribution in [0, 0.1) is 13.0 Å². The van der Waals surface area contributed by atoms with Gasteiger partial charge in [-0.15, -0.1) is 40.1 Å². The zero-order valence-corrected chi connectivity index (χ0v) is 30.0. The van der Waals surface area contributed by atoms with Gasteiger partial charge in [0.25, 0.3) is 0 Å². The summed E-state index contributed by atoms with van der Waals surface area (Å²) in [6.45, 7) is 15.9. The van der Waals surface area contributed by atoms with E-state index in [1.54, 1.807) is 0 Å². The predicted molar refractivity (Wildman–Crippen MR) is 179 cm³/mol. The Balaban J connectivity index is 0.000000200. The molecule has 0 fully saturated rings. The second-order valence-electron chi connectivity index (χ2n) is 11.6. The summed E-state index contributed by atoms with van der Waals surface area (Å²) in [5.74, 6) is 1.65. The Morgan fingerprint density at radius 1 is 0.756 bits per heavy atom. The first kappa shape index (κ1) is 32.1. The van der Waals surface area contributed by atoms with Gasteiger partial charge in [-0.2, -0.15) is 35.5 Å². The Bertz CT molecular complexity index is 1540. The third-order valence-corrected chi connectivity index (χ3v) is 9.09. The molecule has 1 aliphatic rings. The van der Waals surface area contributed by atoms with Crippen molar-refractivity contribution in [3.63, 3.8) is 0 Å². The van der Waals surface area contributed by atoms with E-state index in [0.29, 0.717) is 17.8 Å². The van der Waals surface area contributed by atoms with Crippen LogP contribution in [0.4, 0.5) is 0 Å². The van der Waals surface area contributed by atoms with Gasteiger partial charge in [-0.3, -0.25) is 0 Å². The van der Waals surface area contributed by atoms with Gasteiger partial charge in [-0.05, 0) is 41.4 Å². The maximum absolute atomic E-state index is 4.93. The molecule has 5 aromatic carbocycles. The summed E-state index contributed by atoms with van der Waals surface area (Å²) < 4.78 is 0. The van der Waals surface area contributed by atoms with Crippen molar-refractivity contribution in [2.75, 3.05) is 0 Å². The molecule has 6 rings (SSSR count). The average Bonchev–Trinajstić information content (AvgIpc) is 3.55. The summed E-state index contributed by atoms with van der Waals surface area (Å²) in [5, 5.41) is 5.59. The number of hydrogen-bond acceptors (Lipinski definition) is 0. The molecule has 4 heteroatoms. The molecule has 41 heavy (non-hydrogen) atoms. The summed E-state index contributed by atoms with van der Waals surface area (Å²) >= 11 is -0.826. The van der Waals surface area contributed by atoms with Gasteiger partial charge >= 0.3 is 37.9 Å². The molecule has 0 spiro atoms. The van der Waals surface area contributed by atoms with E-state index in [9.17, 15) is 0 Å². The third-order valence-electron chi connectivity index (χ3n) is 7.72. The number of halogens is 2. The minimum absolute atomic E-state index is 0.544. The van der Waals surface area contributed by atoms with E-state index in [1.807, 2.05) is 6.07 Å². The molecule has 0 atom stereocenters. The Morgan fingerprint density at radius 2 is 1.39 bits per heavy atom. The van der Waals surface area contributed by atoms with Crippen LogP contribution in [-0.4, -0.2) is 9.52 Å². The molecule has 0 aromatic heterocycles. The normalized spacial score (nSPS) is 11.5. The molecular formula is C37H38Cl2SiZr. The second kappa shape index (κ2) is 14.6. The fourth-order valence-electron chi connectivity index (χ4n) is 5.34. The Morgan fingerprint density at radius 3 is 2.02 bits per heavy atom. The van der Waals surface area contributed by atoms with Crippen LogP contribution in [0.5, 0.6) is 0 Å². The van der Waals surface area contributed by atoms with Crippen molar-refractivity contribution in [1.29, 1.82) is 0 Å². The zero-order chi connectivity index (χ0) is 29.7. The minimum Gasteiger partial charge on any atom is -0.184 e. The van der Waals surface area contributed by atoms with Crippen molar-refractivity contribution in [3.8, 4) is 22.3 Å². The van der Waals surface area contributed by atoms with Gasteiger partial charge < -0.3 is 0 Å². The van der Waals surface area contributed by atoms with Crippen LogP contribution in [0.15, 0.2) is 84.9 Å². The van der Waals surface area contributed by atoms with Crippen LogP contribution in [0.2, 0.25) is 0 Å². The largest absolute Gasteiger partial charge is 0.184 e. The van der Waals surface area contributed by atoms with Crippen LogP contribution < -0.4 is 10.4 Å². The summed E-state index contributed by atoms with van der Waals surface area (Å²) in [4.78, 5) is 0. The third kappa shape index (κ3) is 7.58. The van der Waals surface area contributed by atoms with Crippen molar-refractivity contribution < 1.29 is 20.8 Å². The number of benzene rings is 4. The first-order chi connectivity index (χ1) is 19.6. The zero-order valence-electron chi connectivity index (χ0n) is 25.1. The molecule has 2 radical (unpaired) electrons. The van der Waals surface area contributed by atoms with E-state index >= 15 is 0 Å². The van der Waals surface area contributed by atoms with E-state index in [1.165, 1.54) is 65.7 Å². The van der Waals surface area contributed by atoms with Crippen LogP contribution >= 0.6 is 17.0 Å². The van der Waals surface area contributed by atoms with Crippen molar-refractivity contribution in [2.24, 2.45) is 0 Å². The molecule has 0 saturated heterocycles. The molecule has 0 unspecified atom stereocenters.